The van der Waals surface area contributed by atoms with E-state index in [4.69, 9.17) is 9.47 Å². The van der Waals surface area contributed by atoms with Gasteiger partial charge in [0.15, 0.2) is 11.9 Å². The summed E-state index contributed by atoms with van der Waals surface area (Å²) in [5.74, 6) is -1.04. The van der Waals surface area contributed by atoms with Gasteiger partial charge in [-0.15, -0.1) is 0 Å². The summed E-state index contributed by atoms with van der Waals surface area (Å²) in [5.41, 5.74) is 0.670. The molecule has 6 nitrogen and oxygen atoms in total. The van der Waals surface area contributed by atoms with Gasteiger partial charge in [0.05, 0.1) is 23.2 Å². The van der Waals surface area contributed by atoms with Gasteiger partial charge in [0.2, 0.25) is 5.78 Å². The van der Waals surface area contributed by atoms with E-state index in [0.717, 1.165) is 0 Å². The first-order valence-corrected chi connectivity index (χ1v) is 7.48. The maximum atomic E-state index is 13.1. The summed E-state index contributed by atoms with van der Waals surface area (Å²) in [7, 11) is 0. The van der Waals surface area contributed by atoms with E-state index in [1.54, 1.807) is 26.8 Å². The van der Waals surface area contributed by atoms with E-state index in [1.807, 2.05) is 0 Å². The molecule has 3 aliphatic rings. The summed E-state index contributed by atoms with van der Waals surface area (Å²) < 4.78 is 11.2. The van der Waals surface area contributed by atoms with Crippen LogP contribution in [0.15, 0.2) is 23.4 Å². The first kappa shape index (κ1) is 14.3. The number of rotatable bonds is 0. The van der Waals surface area contributed by atoms with Crippen molar-refractivity contribution in [3.63, 3.8) is 0 Å². The predicted octanol–water partition coefficient (Wildman–Crippen LogP) is 1.56. The summed E-state index contributed by atoms with van der Waals surface area (Å²) in [6, 6.07) is 1.69. The molecule has 3 heterocycles. The van der Waals surface area contributed by atoms with Crippen LogP contribution in [0.2, 0.25) is 0 Å². The lowest BCUT2D eigenvalue weighted by Crippen LogP contribution is -2.50. The van der Waals surface area contributed by atoms with Gasteiger partial charge in [-0.05, 0) is 32.4 Å². The number of Topliss-reactive ketones (excluding diaryl/α,β-unsaturated/α-hetero) is 2. The maximum absolute atomic E-state index is 13.1. The number of nitrogens with zero attached hydrogens (tertiary/aromatic N) is 1. The van der Waals surface area contributed by atoms with Crippen molar-refractivity contribution in [3.8, 4) is 0 Å². The highest BCUT2D eigenvalue weighted by atomic mass is 16.6. The summed E-state index contributed by atoms with van der Waals surface area (Å²) >= 11 is 0. The van der Waals surface area contributed by atoms with Crippen molar-refractivity contribution in [2.24, 2.45) is 0 Å². The molecular formula is C17H15NO5. The zero-order valence-corrected chi connectivity index (χ0v) is 13.0. The number of pyridine rings is 1. The van der Waals surface area contributed by atoms with Crippen molar-refractivity contribution in [2.75, 3.05) is 0 Å². The van der Waals surface area contributed by atoms with Gasteiger partial charge >= 0.3 is 5.97 Å². The zero-order chi connectivity index (χ0) is 16.5. The monoisotopic (exact) mass is 313 g/mol. The van der Waals surface area contributed by atoms with Crippen molar-refractivity contribution in [3.05, 3.63) is 40.2 Å². The molecule has 1 fully saturated rings. The van der Waals surface area contributed by atoms with Gasteiger partial charge in [-0.3, -0.25) is 19.4 Å². The first-order valence-electron chi connectivity index (χ1n) is 7.48. The largest absolute Gasteiger partial charge is 0.454 e. The van der Waals surface area contributed by atoms with Gasteiger partial charge in [-0.25, -0.2) is 0 Å². The highest BCUT2D eigenvalue weighted by Gasteiger charge is 2.54. The van der Waals surface area contributed by atoms with Crippen LogP contribution in [-0.2, 0) is 14.3 Å². The molecule has 0 amide bonds. The fourth-order valence-corrected chi connectivity index (χ4v) is 3.70. The summed E-state index contributed by atoms with van der Waals surface area (Å²) in [4.78, 5) is 41.8. The topological polar surface area (TPSA) is 82.6 Å². The Morgan fingerprint density at radius 2 is 1.96 bits per heavy atom. The average Bonchev–Trinajstić information content (AvgIpc) is 2.81. The molecular weight excluding hydrogens is 298 g/mol. The quantitative estimate of drug-likeness (QED) is 0.676. The molecule has 0 aromatic carbocycles. The second-order valence-electron chi connectivity index (χ2n) is 6.58. The number of aryl methyl sites for hydroxylation is 1. The Morgan fingerprint density at radius 3 is 2.70 bits per heavy atom. The third kappa shape index (κ3) is 1.78. The lowest BCUT2D eigenvalue weighted by molar-refractivity contribution is -0.141. The van der Waals surface area contributed by atoms with Crippen LogP contribution < -0.4 is 0 Å². The Morgan fingerprint density at radius 1 is 1.22 bits per heavy atom. The average molecular weight is 313 g/mol. The van der Waals surface area contributed by atoms with Crippen LogP contribution >= 0.6 is 0 Å². The maximum Gasteiger partial charge on any atom is 0.309 e. The predicted molar refractivity (Wildman–Crippen MR) is 78.1 cm³/mol. The molecule has 1 aliphatic carbocycles. The van der Waals surface area contributed by atoms with Gasteiger partial charge in [0, 0.05) is 11.8 Å². The van der Waals surface area contributed by atoms with E-state index in [1.165, 1.54) is 6.20 Å². The minimum atomic E-state index is -0.972. The number of ether oxygens (including phenoxy) is 2. The van der Waals surface area contributed by atoms with Crippen LogP contribution in [0.3, 0.4) is 0 Å². The van der Waals surface area contributed by atoms with Gasteiger partial charge in [0.25, 0.3) is 0 Å². The Hall–Kier alpha value is -2.34. The van der Waals surface area contributed by atoms with Crippen LogP contribution in [0, 0.1) is 6.92 Å². The molecule has 4 rings (SSSR count). The van der Waals surface area contributed by atoms with Crippen LogP contribution in [0.1, 0.15) is 46.7 Å². The lowest BCUT2D eigenvalue weighted by Gasteiger charge is -2.41. The summed E-state index contributed by atoms with van der Waals surface area (Å²) in [5, 5.41) is 0. The zero-order valence-electron chi connectivity index (χ0n) is 13.0. The molecule has 6 heteroatoms. The SMILES string of the molecule is Cc1ccnc2c1C(=O)C1=C(C2=O)C(C)(C)OC2CC(=O)OC12. The Kier molecular flexibility index (Phi) is 2.70. The van der Waals surface area contributed by atoms with Crippen molar-refractivity contribution < 1.29 is 23.9 Å². The normalized spacial score (nSPS) is 28.2. The van der Waals surface area contributed by atoms with Gasteiger partial charge in [-0.2, -0.15) is 0 Å². The third-order valence-electron chi connectivity index (χ3n) is 4.64. The van der Waals surface area contributed by atoms with Crippen LogP contribution in [-0.4, -0.2) is 40.3 Å². The molecule has 23 heavy (non-hydrogen) atoms. The molecule has 2 atom stereocenters. The van der Waals surface area contributed by atoms with E-state index in [-0.39, 0.29) is 34.8 Å². The number of hydrogen-bond acceptors (Lipinski definition) is 6. The molecule has 2 unspecified atom stereocenters. The number of esters is 1. The van der Waals surface area contributed by atoms with E-state index in [9.17, 15) is 14.4 Å². The van der Waals surface area contributed by atoms with E-state index >= 15 is 0 Å². The van der Waals surface area contributed by atoms with Crippen LogP contribution in [0.4, 0.5) is 0 Å². The summed E-state index contributed by atoms with van der Waals surface area (Å²) in [6.07, 6.45) is 0.256. The first-order chi connectivity index (χ1) is 10.8. The van der Waals surface area contributed by atoms with Gasteiger partial charge in [0.1, 0.15) is 11.8 Å². The molecule has 0 bridgehead atoms. The molecule has 1 aromatic rings. The summed E-state index contributed by atoms with van der Waals surface area (Å²) in [6.45, 7) is 5.22. The number of fused-ring (bicyclic) bond motifs is 3. The second kappa shape index (κ2) is 4.35. The Balaban J connectivity index is 1.99. The second-order valence-corrected chi connectivity index (χ2v) is 6.58. The molecule has 1 saturated heterocycles. The molecule has 0 spiro atoms. The Bertz CT molecular complexity index is 820. The number of carbonyl (C=O) groups is 3. The van der Waals surface area contributed by atoms with Crippen molar-refractivity contribution >= 4 is 17.5 Å². The number of ketones is 2. The van der Waals surface area contributed by atoms with Crippen molar-refractivity contribution in [2.45, 2.75) is 45.0 Å². The third-order valence-corrected chi connectivity index (χ3v) is 4.64. The van der Waals surface area contributed by atoms with Crippen molar-refractivity contribution in [1.29, 1.82) is 0 Å². The van der Waals surface area contributed by atoms with Crippen LogP contribution in [0.5, 0.6) is 0 Å². The molecule has 2 aliphatic heterocycles. The van der Waals surface area contributed by atoms with E-state index < -0.39 is 23.8 Å². The van der Waals surface area contributed by atoms with Crippen molar-refractivity contribution in [1.82, 2.24) is 4.98 Å². The highest BCUT2D eigenvalue weighted by Crippen LogP contribution is 2.44. The fraction of sp³-hybridized carbons (Fsp3) is 0.412. The smallest absolute Gasteiger partial charge is 0.309 e. The van der Waals surface area contributed by atoms with Gasteiger partial charge in [-0.1, -0.05) is 0 Å². The number of hydrogen-bond donors (Lipinski definition) is 0. The minimum Gasteiger partial charge on any atom is -0.454 e. The van der Waals surface area contributed by atoms with E-state index in [2.05, 4.69) is 4.98 Å². The van der Waals surface area contributed by atoms with Gasteiger partial charge < -0.3 is 9.47 Å². The minimum absolute atomic E-state index is 0.0885. The molecule has 1 aromatic heterocycles. The fourth-order valence-electron chi connectivity index (χ4n) is 3.70. The standard InChI is InChI=1S/C17H15NO5/c1-7-4-5-18-13-10(7)14(20)11-12(15(13)21)17(2,3)23-8-6-9(19)22-16(8)11/h4-5,8,16H,6H2,1-3H3. The molecule has 0 radical (unpaired) electrons. The molecule has 0 N–H and O–H groups in total. The molecule has 118 valence electrons. The lowest BCUT2D eigenvalue weighted by atomic mass is 9.74. The number of aromatic nitrogens is 1. The van der Waals surface area contributed by atoms with Crippen LogP contribution in [0.25, 0.3) is 0 Å². The van der Waals surface area contributed by atoms with E-state index in [0.29, 0.717) is 11.1 Å². The highest BCUT2D eigenvalue weighted by molar-refractivity contribution is 6.28. The molecule has 0 saturated carbocycles. The Labute approximate surface area is 132 Å². The number of carbonyl (C=O) groups excluding carboxylic acids is 3.